The molecule has 0 aliphatic carbocycles. The molecule has 1 aliphatic rings. The lowest BCUT2D eigenvalue weighted by molar-refractivity contribution is -0.142. The summed E-state index contributed by atoms with van der Waals surface area (Å²) in [7, 11) is 3.66. The second kappa shape index (κ2) is 9.29. The van der Waals surface area contributed by atoms with E-state index in [-0.39, 0.29) is 11.8 Å². The number of carbonyl (C=O) groups excluding carboxylic acids is 2. The van der Waals surface area contributed by atoms with E-state index in [0.29, 0.717) is 32.4 Å². The van der Waals surface area contributed by atoms with Gasteiger partial charge in [-0.3, -0.25) is 9.59 Å². The molecule has 3 aromatic rings. The van der Waals surface area contributed by atoms with E-state index in [1.165, 1.54) is 11.1 Å². The number of benzene rings is 2. The maximum absolute atomic E-state index is 13.4. The highest BCUT2D eigenvalue weighted by Gasteiger charge is 2.43. The molecule has 4 rings (SSSR count). The van der Waals surface area contributed by atoms with Crippen molar-refractivity contribution >= 4 is 23.2 Å². The molecular weight excluding hydrogens is 416 g/mol. The van der Waals surface area contributed by atoms with Crippen LogP contribution in [0.5, 0.6) is 0 Å². The molecule has 0 unspecified atom stereocenters. The summed E-state index contributed by atoms with van der Waals surface area (Å²) in [4.78, 5) is 31.2. The van der Waals surface area contributed by atoms with E-state index >= 15 is 0 Å². The molecule has 2 amide bonds. The van der Waals surface area contributed by atoms with E-state index in [9.17, 15) is 9.59 Å². The van der Waals surface area contributed by atoms with Crippen molar-refractivity contribution in [3.8, 4) is 11.1 Å². The molecule has 0 N–H and O–H groups in total. The lowest BCUT2D eigenvalue weighted by Crippen LogP contribution is -2.51. The predicted octanol–water partition coefficient (Wildman–Crippen LogP) is 5.28. The van der Waals surface area contributed by atoms with Crippen LogP contribution in [0.4, 0.5) is 0 Å². The molecule has 2 heterocycles. The van der Waals surface area contributed by atoms with Crippen molar-refractivity contribution < 1.29 is 9.59 Å². The Morgan fingerprint density at radius 2 is 1.66 bits per heavy atom. The maximum Gasteiger partial charge on any atom is 0.254 e. The van der Waals surface area contributed by atoms with Gasteiger partial charge in [-0.25, -0.2) is 0 Å². The molecule has 166 valence electrons. The molecule has 1 saturated heterocycles. The number of rotatable bonds is 5. The standard InChI is InChI=1S/C27H30N2O2S/c1-20-17-23(19-32-20)25(30)29-15-13-27(14-16-29,26(31)28(2)3)18-22-11-7-8-12-24(22)21-9-5-4-6-10-21/h4-12,17,19H,13-16,18H2,1-3H3. The van der Waals surface area contributed by atoms with Crippen LogP contribution < -0.4 is 0 Å². The van der Waals surface area contributed by atoms with Crippen LogP contribution in [-0.2, 0) is 11.2 Å². The number of amides is 2. The van der Waals surface area contributed by atoms with Crippen LogP contribution in [0.15, 0.2) is 66.0 Å². The number of carbonyl (C=O) groups is 2. The van der Waals surface area contributed by atoms with Gasteiger partial charge in [0.25, 0.3) is 5.91 Å². The number of likely N-dealkylation sites (tertiary alicyclic amines) is 1. The fraction of sp³-hybridized carbons (Fsp3) is 0.333. The fourth-order valence-electron chi connectivity index (χ4n) is 4.75. The average Bonchev–Trinajstić information content (AvgIpc) is 3.25. The van der Waals surface area contributed by atoms with Crippen LogP contribution in [0.3, 0.4) is 0 Å². The van der Waals surface area contributed by atoms with E-state index < -0.39 is 5.41 Å². The highest BCUT2D eigenvalue weighted by Crippen LogP contribution is 2.39. The van der Waals surface area contributed by atoms with Gasteiger partial charge in [0.1, 0.15) is 0 Å². The molecule has 0 saturated carbocycles. The third kappa shape index (κ3) is 4.49. The summed E-state index contributed by atoms with van der Waals surface area (Å²) < 4.78 is 0. The Morgan fingerprint density at radius 1 is 1.00 bits per heavy atom. The van der Waals surface area contributed by atoms with Gasteiger partial charge in [-0.2, -0.15) is 0 Å². The van der Waals surface area contributed by atoms with Crippen LogP contribution in [0, 0.1) is 12.3 Å². The molecule has 0 spiro atoms. The first-order valence-corrected chi connectivity index (χ1v) is 12.0. The summed E-state index contributed by atoms with van der Waals surface area (Å²) in [5.74, 6) is 0.226. The van der Waals surface area contributed by atoms with Gasteiger partial charge in [0, 0.05) is 37.4 Å². The van der Waals surface area contributed by atoms with Crippen molar-refractivity contribution in [2.75, 3.05) is 27.2 Å². The van der Waals surface area contributed by atoms with Gasteiger partial charge in [-0.15, -0.1) is 11.3 Å². The van der Waals surface area contributed by atoms with Crippen molar-refractivity contribution in [1.29, 1.82) is 0 Å². The van der Waals surface area contributed by atoms with Crippen molar-refractivity contribution in [3.05, 3.63) is 82.0 Å². The molecule has 5 heteroatoms. The van der Waals surface area contributed by atoms with Crippen molar-refractivity contribution in [1.82, 2.24) is 9.80 Å². The first kappa shape index (κ1) is 22.3. The molecule has 1 aliphatic heterocycles. The van der Waals surface area contributed by atoms with E-state index in [1.54, 1.807) is 16.2 Å². The van der Waals surface area contributed by atoms with Crippen LogP contribution in [0.2, 0.25) is 0 Å². The zero-order valence-electron chi connectivity index (χ0n) is 19.0. The second-order valence-electron chi connectivity index (χ2n) is 8.92. The minimum Gasteiger partial charge on any atom is -0.348 e. The van der Waals surface area contributed by atoms with Gasteiger partial charge >= 0.3 is 0 Å². The zero-order valence-corrected chi connectivity index (χ0v) is 19.8. The van der Waals surface area contributed by atoms with Gasteiger partial charge in [0.15, 0.2) is 0 Å². The minimum absolute atomic E-state index is 0.0740. The third-order valence-electron chi connectivity index (χ3n) is 6.48. The van der Waals surface area contributed by atoms with Crippen molar-refractivity contribution in [2.24, 2.45) is 5.41 Å². The van der Waals surface area contributed by atoms with Gasteiger partial charge in [-0.05, 0) is 48.9 Å². The molecule has 32 heavy (non-hydrogen) atoms. The molecule has 0 radical (unpaired) electrons. The number of hydrogen-bond donors (Lipinski definition) is 0. The normalized spacial score (nSPS) is 15.4. The third-order valence-corrected chi connectivity index (χ3v) is 7.34. The fourth-order valence-corrected chi connectivity index (χ4v) is 5.43. The largest absolute Gasteiger partial charge is 0.348 e. The molecular formula is C27H30N2O2S. The summed E-state index contributed by atoms with van der Waals surface area (Å²) in [6.45, 7) is 3.21. The zero-order chi connectivity index (χ0) is 22.7. The second-order valence-corrected chi connectivity index (χ2v) is 10.0. The summed E-state index contributed by atoms with van der Waals surface area (Å²) >= 11 is 1.60. The lowest BCUT2D eigenvalue weighted by atomic mass is 9.71. The lowest BCUT2D eigenvalue weighted by Gasteiger charge is -2.42. The molecule has 1 fully saturated rings. The number of nitrogens with zero attached hydrogens (tertiary/aromatic N) is 2. The monoisotopic (exact) mass is 446 g/mol. The number of piperidine rings is 1. The molecule has 4 nitrogen and oxygen atoms in total. The van der Waals surface area contributed by atoms with E-state index in [4.69, 9.17) is 0 Å². The van der Waals surface area contributed by atoms with Gasteiger partial charge in [0.2, 0.25) is 5.91 Å². The number of aryl methyl sites for hydroxylation is 1. The molecule has 0 bridgehead atoms. The Balaban J connectivity index is 1.60. The van der Waals surface area contributed by atoms with E-state index in [2.05, 4.69) is 30.3 Å². The summed E-state index contributed by atoms with van der Waals surface area (Å²) in [5.41, 5.74) is 3.77. The Hall–Kier alpha value is -2.92. The van der Waals surface area contributed by atoms with Crippen molar-refractivity contribution in [3.63, 3.8) is 0 Å². The SMILES string of the molecule is Cc1cc(C(=O)N2CCC(Cc3ccccc3-c3ccccc3)(C(=O)N(C)C)CC2)cs1. The maximum atomic E-state index is 13.4. The van der Waals surface area contributed by atoms with Crippen LogP contribution >= 0.6 is 11.3 Å². The topological polar surface area (TPSA) is 40.6 Å². The van der Waals surface area contributed by atoms with Crippen LogP contribution in [0.25, 0.3) is 11.1 Å². The predicted molar refractivity (Wildman–Crippen MR) is 131 cm³/mol. The van der Waals surface area contributed by atoms with E-state index in [1.807, 2.05) is 61.6 Å². The summed E-state index contributed by atoms with van der Waals surface area (Å²) in [6.07, 6.45) is 2.01. The Kier molecular flexibility index (Phi) is 6.47. The smallest absolute Gasteiger partial charge is 0.254 e. The molecule has 2 aromatic carbocycles. The summed E-state index contributed by atoms with van der Waals surface area (Å²) in [6, 6.07) is 20.7. The van der Waals surface area contributed by atoms with Gasteiger partial charge in [0.05, 0.1) is 11.0 Å². The Labute approximate surface area is 194 Å². The van der Waals surface area contributed by atoms with Crippen LogP contribution in [0.1, 0.15) is 33.6 Å². The first-order valence-electron chi connectivity index (χ1n) is 11.1. The molecule has 0 atom stereocenters. The number of hydrogen-bond acceptors (Lipinski definition) is 3. The Bertz CT molecular complexity index is 1100. The highest BCUT2D eigenvalue weighted by atomic mass is 32.1. The highest BCUT2D eigenvalue weighted by molar-refractivity contribution is 7.10. The minimum atomic E-state index is -0.504. The number of thiophene rings is 1. The summed E-state index contributed by atoms with van der Waals surface area (Å²) in [5, 5.41) is 1.93. The quantitative estimate of drug-likeness (QED) is 0.535. The first-order chi connectivity index (χ1) is 15.4. The Morgan fingerprint density at radius 3 is 2.28 bits per heavy atom. The van der Waals surface area contributed by atoms with Gasteiger partial charge < -0.3 is 9.80 Å². The van der Waals surface area contributed by atoms with Crippen molar-refractivity contribution in [2.45, 2.75) is 26.2 Å². The van der Waals surface area contributed by atoms with Crippen LogP contribution in [-0.4, -0.2) is 48.8 Å². The molecule has 1 aromatic heterocycles. The van der Waals surface area contributed by atoms with Gasteiger partial charge in [-0.1, -0.05) is 54.6 Å². The van der Waals surface area contributed by atoms with E-state index in [0.717, 1.165) is 16.0 Å². The average molecular weight is 447 g/mol.